The van der Waals surface area contributed by atoms with Crippen molar-refractivity contribution in [3.63, 3.8) is 0 Å². The summed E-state index contributed by atoms with van der Waals surface area (Å²) in [5.74, 6) is 0.0281. The highest BCUT2D eigenvalue weighted by atomic mass is 35.5. The molecule has 1 unspecified atom stereocenters. The van der Waals surface area contributed by atoms with E-state index in [-0.39, 0.29) is 11.9 Å². The Bertz CT molecular complexity index is 625. The lowest BCUT2D eigenvalue weighted by atomic mass is 10.0. The zero-order valence-corrected chi connectivity index (χ0v) is 11.9. The van der Waals surface area contributed by atoms with E-state index in [0.717, 1.165) is 16.8 Å². The van der Waals surface area contributed by atoms with Gasteiger partial charge in [0, 0.05) is 15.6 Å². The lowest BCUT2D eigenvalue weighted by Crippen LogP contribution is -2.17. The highest BCUT2D eigenvalue weighted by Crippen LogP contribution is 2.36. The molecule has 3 nitrogen and oxygen atoms in total. The van der Waals surface area contributed by atoms with Crippen molar-refractivity contribution in [2.24, 2.45) is 0 Å². The molecule has 1 amide bonds. The molecule has 1 aromatic carbocycles. The Hall–Kier alpha value is -1.36. The summed E-state index contributed by atoms with van der Waals surface area (Å²) in [5.41, 5.74) is 2.86. The average molecular weight is 293 g/mol. The number of hydrogen-bond acceptors (Lipinski definition) is 3. The molecule has 19 heavy (non-hydrogen) atoms. The summed E-state index contributed by atoms with van der Waals surface area (Å²) in [5, 5.41) is 8.82. The van der Waals surface area contributed by atoms with E-state index in [1.165, 1.54) is 4.88 Å². The van der Waals surface area contributed by atoms with Crippen molar-refractivity contribution in [3.05, 3.63) is 50.7 Å². The maximum atomic E-state index is 11.4. The van der Waals surface area contributed by atoms with Gasteiger partial charge in [-0.15, -0.1) is 11.3 Å². The third-order valence-corrected chi connectivity index (χ3v) is 4.54. The van der Waals surface area contributed by atoms with Crippen LogP contribution in [0.2, 0.25) is 5.02 Å². The van der Waals surface area contributed by atoms with Crippen molar-refractivity contribution < 1.29 is 4.79 Å². The Kier molecular flexibility index (Phi) is 3.31. The molecular formula is C14H13ClN2OS. The predicted molar refractivity (Wildman–Crippen MR) is 79.0 cm³/mol. The fraction of sp³-hybridized carbons (Fsp3) is 0.214. The zero-order valence-electron chi connectivity index (χ0n) is 10.4. The van der Waals surface area contributed by atoms with Gasteiger partial charge in [0.2, 0.25) is 5.91 Å². The second kappa shape index (κ2) is 4.96. The van der Waals surface area contributed by atoms with Gasteiger partial charge in [-0.3, -0.25) is 4.79 Å². The molecule has 0 saturated heterocycles. The van der Waals surface area contributed by atoms with Gasteiger partial charge in [-0.05, 0) is 41.8 Å². The van der Waals surface area contributed by atoms with Crippen molar-refractivity contribution in [1.82, 2.24) is 5.32 Å². The predicted octanol–water partition coefficient (Wildman–Crippen LogP) is 3.20. The molecule has 2 N–H and O–H groups in total. The van der Waals surface area contributed by atoms with Crippen LogP contribution in [0, 0.1) is 0 Å². The third kappa shape index (κ3) is 2.27. The molecule has 0 fully saturated rings. The Balaban J connectivity index is 2.05. The fourth-order valence-electron chi connectivity index (χ4n) is 2.39. The van der Waals surface area contributed by atoms with E-state index in [9.17, 15) is 4.79 Å². The molecule has 5 heteroatoms. The Morgan fingerprint density at radius 3 is 3.00 bits per heavy atom. The topological polar surface area (TPSA) is 41.1 Å². The summed E-state index contributed by atoms with van der Waals surface area (Å²) in [6, 6.07) is 8.04. The van der Waals surface area contributed by atoms with Gasteiger partial charge in [-0.1, -0.05) is 17.7 Å². The first-order valence-corrected chi connectivity index (χ1v) is 7.27. The molecule has 1 aliphatic rings. The smallest absolute Gasteiger partial charge is 0.228 e. The van der Waals surface area contributed by atoms with E-state index < -0.39 is 0 Å². The van der Waals surface area contributed by atoms with E-state index in [4.69, 9.17) is 11.6 Å². The van der Waals surface area contributed by atoms with E-state index >= 15 is 0 Å². The molecule has 1 aliphatic heterocycles. The maximum Gasteiger partial charge on any atom is 0.228 e. The monoisotopic (exact) mass is 292 g/mol. The van der Waals surface area contributed by atoms with Gasteiger partial charge in [0.05, 0.1) is 12.5 Å². The lowest BCUT2D eigenvalue weighted by Gasteiger charge is -2.17. The number of amides is 1. The van der Waals surface area contributed by atoms with Crippen molar-refractivity contribution in [2.75, 3.05) is 12.4 Å². The number of carbonyl (C=O) groups excluding carboxylic acids is 1. The molecule has 0 saturated carbocycles. The minimum Gasteiger partial charge on any atom is -0.325 e. The fourth-order valence-corrected chi connectivity index (χ4v) is 3.52. The van der Waals surface area contributed by atoms with Crippen molar-refractivity contribution in [3.8, 4) is 0 Å². The number of hydrogen-bond donors (Lipinski definition) is 2. The molecule has 0 spiro atoms. The Morgan fingerprint density at radius 2 is 2.32 bits per heavy atom. The molecule has 1 aromatic heterocycles. The number of halogens is 1. The minimum absolute atomic E-state index is 0.0281. The Labute approximate surface area is 120 Å². The highest BCUT2D eigenvalue weighted by Gasteiger charge is 2.23. The van der Waals surface area contributed by atoms with Gasteiger partial charge in [0.1, 0.15) is 0 Å². The van der Waals surface area contributed by atoms with Gasteiger partial charge in [0.25, 0.3) is 0 Å². The van der Waals surface area contributed by atoms with Crippen LogP contribution in [0.4, 0.5) is 5.69 Å². The van der Waals surface area contributed by atoms with Gasteiger partial charge in [0.15, 0.2) is 0 Å². The van der Waals surface area contributed by atoms with Crippen LogP contribution in [0.3, 0.4) is 0 Å². The summed E-state index contributed by atoms with van der Waals surface area (Å²) in [6.45, 7) is 0. The van der Waals surface area contributed by atoms with E-state index in [0.29, 0.717) is 11.4 Å². The van der Waals surface area contributed by atoms with Crippen LogP contribution >= 0.6 is 22.9 Å². The number of nitrogens with one attached hydrogen (secondary N) is 2. The summed E-state index contributed by atoms with van der Waals surface area (Å²) >= 11 is 8.05. The molecule has 0 bridgehead atoms. The number of benzene rings is 1. The van der Waals surface area contributed by atoms with Crippen molar-refractivity contribution in [1.29, 1.82) is 0 Å². The maximum absolute atomic E-state index is 11.4. The third-order valence-electron chi connectivity index (χ3n) is 3.27. The van der Waals surface area contributed by atoms with Crippen LogP contribution in [0.5, 0.6) is 0 Å². The average Bonchev–Trinajstić information content (AvgIpc) is 2.99. The van der Waals surface area contributed by atoms with Crippen molar-refractivity contribution in [2.45, 2.75) is 12.5 Å². The van der Waals surface area contributed by atoms with Crippen LogP contribution in [0.15, 0.2) is 29.6 Å². The minimum atomic E-state index is 0.0281. The van der Waals surface area contributed by atoms with Gasteiger partial charge < -0.3 is 10.6 Å². The zero-order chi connectivity index (χ0) is 13.4. The normalized spacial score (nSPS) is 15.2. The molecule has 2 aromatic rings. The summed E-state index contributed by atoms with van der Waals surface area (Å²) in [7, 11) is 1.91. The molecule has 98 valence electrons. The van der Waals surface area contributed by atoms with Gasteiger partial charge >= 0.3 is 0 Å². The second-order valence-corrected chi connectivity index (χ2v) is 5.88. The summed E-state index contributed by atoms with van der Waals surface area (Å²) < 4.78 is 0. The first kappa shape index (κ1) is 12.7. The summed E-state index contributed by atoms with van der Waals surface area (Å²) in [4.78, 5) is 12.6. The second-order valence-electron chi connectivity index (χ2n) is 4.49. The largest absolute Gasteiger partial charge is 0.325 e. The van der Waals surface area contributed by atoms with E-state index in [1.54, 1.807) is 11.3 Å². The van der Waals surface area contributed by atoms with E-state index in [2.05, 4.69) is 16.7 Å². The standard InChI is InChI=1S/C14H13ClN2OS/c1-16-14(12-3-2-4-19-12)9-5-8-6-13(18)17-11(8)7-10(9)15/h2-5,7,14,16H,6H2,1H3,(H,17,18). The van der Waals surface area contributed by atoms with Crippen LogP contribution in [0.25, 0.3) is 0 Å². The molecule has 0 radical (unpaired) electrons. The highest BCUT2D eigenvalue weighted by molar-refractivity contribution is 7.10. The van der Waals surface area contributed by atoms with Crippen molar-refractivity contribution >= 4 is 34.5 Å². The van der Waals surface area contributed by atoms with Gasteiger partial charge in [-0.2, -0.15) is 0 Å². The summed E-state index contributed by atoms with van der Waals surface area (Å²) in [6.07, 6.45) is 0.431. The van der Waals surface area contributed by atoms with E-state index in [1.807, 2.05) is 30.6 Å². The quantitative estimate of drug-likeness (QED) is 0.912. The van der Waals surface area contributed by atoms with Crippen LogP contribution < -0.4 is 10.6 Å². The van der Waals surface area contributed by atoms with Gasteiger partial charge in [-0.25, -0.2) is 0 Å². The number of fused-ring (bicyclic) bond motifs is 1. The molecule has 1 atom stereocenters. The van der Waals surface area contributed by atoms with Crippen LogP contribution in [-0.4, -0.2) is 13.0 Å². The number of carbonyl (C=O) groups is 1. The SMILES string of the molecule is CNC(c1cccs1)c1cc2c(cc1Cl)NC(=O)C2. The van der Waals surface area contributed by atoms with Crippen LogP contribution in [-0.2, 0) is 11.2 Å². The number of thiophene rings is 1. The molecule has 2 heterocycles. The number of rotatable bonds is 3. The first-order chi connectivity index (χ1) is 9.19. The molecular weight excluding hydrogens is 280 g/mol. The van der Waals surface area contributed by atoms with Crippen LogP contribution in [0.1, 0.15) is 22.0 Å². The molecule has 0 aliphatic carbocycles. The lowest BCUT2D eigenvalue weighted by molar-refractivity contribution is -0.115. The first-order valence-electron chi connectivity index (χ1n) is 6.02. The Morgan fingerprint density at radius 1 is 1.47 bits per heavy atom. The molecule has 3 rings (SSSR count). The number of anilines is 1.